The minimum atomic E-state index is -0.623. The van der Waals surface area contributed by atoms with Crippen LogP contribution in [0.2, 0.25) is 5.02 Å². The van der Waals surface area contributed by atoms with Crippen LogP contribution in [0.3, 0.4) is 0 Å². The number of hydrogen-bond acceptors (Lipinski definition) is 6. The zero-order chi connectivity index (χ0) is 26.1. The van der Waals surface area contributed by atoms with Gasteiger partial charge in [-0.25, -0.2) is 9.18 Å². The van der Waals surface area contributed by atoms with Gasteiger partial charge in [0, 0.05) is 18.3 Å². The van der Waals surface area contributed by atoms with Crippen molar-refractivity contribution in [2.24, 2.45) is 11.5 Å². The Balaban J connectivity index is 1.70. The van der Waals surface area contributed by atoms with Crippen molar-refractivity contribution in [1.82, 2.24) is 14.9 Å². The second kappa shape index (κ2) is 13.1. The largest absolute Gasteiger partial charge is 0.331 e. The first-order valence-corrected chi connectivity index (χ1v) is 12.0. The van der Waals surface area contributed by atoms with E-state index in [0.717, 1.165) is 31.5 Å². The Kier molecular flexibility index (Phi) is 9.95. The van der Waals surface area contributed by atoms with E-state index in [2.05, 4.69) is 25.5 Å². The lowest BCUT2D eigenvalue weighted by Gasteiger charge is -2.22. The Morgan fingerprint density at radius 2 is 1.86 bits per heavy atom. The summed E-state index contributed by atoms with van der Waals surface area (Å²) in [4.78, 5) is 33.7. The van der Waals surface area contributed by atoms with Crippen molar-refractivity contribution in [2.45, 2.75) is 26.3 Å². The smallest absolute Gasteiger partial charge is 0.326 e. The van der Waals surface area contributed by atoms with Gasteiger partial charge in [-0.3, -0.25) is 15.0 Å². The van der Waals surface area contributed by atoms with Crippen LogP contribution in [0, 0.1) is 12.7 Å². The third-order valence-corrected chi connectivity index (χ3v) is 6.09. The first kappa shape index (κ1) is 27.3. The number of aryl methyl sites for hydroxylation is 1. The number of nitrogens with zero attached hydrogens (tertiary/aromatic N) is 2. The molecule has 1 aromatic heterocycles. The summed E-state index contributed by atoms with van der Waals surface area (Å²) in [6.45, 7) is 4.85. The van der Waals surface area contributed by atoms with E-state index in [9.17, 15) is 14.0 Å². The van der Waals surface area contributed by atoms with Crippen molar-refractivity contribution in [3.05, 3.63) is 74.9 Å². The molecular formula is C25H31ClFN7O2. The van der Waals surface area contributed by atoms with Crippen LogP contribution in [0.15, 0.2) is 47.4 Å². The van der Waals surface area contributed by atoms with E-state index < -0.39 is 17.4 Å². The second-order valence-electron chi connectivity index (χ2n) is 8.35. The van der Waals surface area contributed by atoms with E-state index in [1.807, 2.05) is 13.0 Å². The molecule has 2 amide bonds. The molecule has 1 heterocycles. The highest BCUT2D eigenvalue weighted by Crippen LogP contribution is 2.25. The van der Waals surface area contributed by atoms with Crippen LogP contribution in [0.4, 0.5) is 20.8 Å². The summed E-state index contributed by atoms with van der Waals surface area (Å²) in [6.07, 6.45) is 3.00. The molecule has 192 valence electrons. The average Bonchev–Trinajstić information content (AvgIpc) is 2.85. The van der Waals surface area contributed by atoms with Crippen molar-refractivity contribution in [1.29, 1.82) is 0 Å². The van der Waals surface area contributed by atoms with E-state index in [1.54, 1.807) is 24.3 Å². The van der Waals surface area contributed by atoms with E-state index in [0.29, 0.717) is 41.5 Å². The summed E-state index contributed by atoms with van der Waals surface area (Å²) in [5.41, 5.74) is 12.9. The standard InChI is InChI=1S/C25H31ClFN7O2/c1-16-5-2-6-21(22(16)26)31-25(36)33-24-30-14-19(23(35)32-24)17-7-8-18(20(27)13-17)15-34(11-3-9-28)12-4-10-29/h2,5-8,13-14H,3-4,9-12,15,28-29H2,1H3,(H3,30,31,32,33,35,36). The number of aromatic nitrogens is 2. The van der Waals surface area contributed by atoms with Gasteiger partial charge in [-0.15, -0.1) is 0 Å². The number of H-pyrrole nitrogens is 1. The number of carbonyl (C=O) groups is 1. The normalized spacial score (nSPS) is 11.1. The predicted molar refractivity (Wildman–Crippen MR) is 142 cm³/mol. The van der Waals surface area contributed by atoms with Gasteiger partial charge in [0.15, 0.2) is 0 Å². The van der Waals surface area contributed by atoms with Crippen LogP contribution in [0.5, 0.6) is 0 Å². The van der Waals surface area contributed by atoms with Gasteiger partial charge in [-0.1, -0.05) is 35.9 Å². The lowest BCUT2D eigenvalue weighted by Crippen LogP contribution is -2.28. The van der Waals surface area contributed by atoms with Gasteiger partial charge in [-0.2, -0.15) is 4.98 Å². The maximum atomic E-state index is 14.9. The predicted octanol–water partition coefficient (Wildman–Crippen LogP) is 3.68. The minimum Gasteiger partial charge on any atom is -0.331 e. The van der Waals surface area contributed by atoms with Crippen LogP contribution in [-0.2, 0) is 6.54 Å². The molecule has 3 rings (SSSR count). The van der Waals surface area contributed by atoms with Gasteiger partial charge in [0.05, 0.1) is 16.3 Å². The van der Waals surface area contributed by atoms with E-state index in [1.165, 1.54) is 12.3 Å². The van der Waals surface area contributed by atoms with Crippen molar-refractivity contribution in [3.8, 4) is 11.1 Å². The van der Waals surface area contributed by atoms with Crippen molar-refractivity contribution < 1.29 is 9.18 Å². The number of urea groups is 1. The molecule has 36 heavy (non-hydrogen) atoms. The molecular weight excluding hydrogens is 485 g/mol. The number of nitrogens with one attached hydrogen (secondary N) is 3. The number of hydrogen-bond donors (Lipinski definition) is 5. The van der Waals surface area contributed by atoms with Gasteiger partial charge >= 0.3 is 6.03 Å². The quantitative estimate of drug-likeness (QED) is 0.263. The average molecular weight is 516 g/mol. The summed E-state index contributed by atoms with van der Waals surface area (Å²) in [6, 6.07) is 9.25. The highest BCUT2D eigenvalue weighted by molar-refractivity contribution is 6.34. The first-order chi connectivity index (χ1) is 17.3. The Hall–Kier alpha value is -3.31. The molecule has 0 saturated carbocycles. The molecule has 0 unspecified atom stereocenters. The fraction of sp³-hybridized carbons (Fsp3) is 0.320. The Morgan fingerprint density at radius 1 is 1.14 bits per heavy atom. The van der Waals surface area contributed by atoms with Crippen LogP contribution in [-0.4, -0.2) is 47.1 Å². The zero-order valence-corrected chi connectivity index (χ0v) is 20.9. The molecule has 9 nitrogen and oxygen atoms in total. The maximum absolute atomic E-state index is 14.9. The molecule has 0 aliphatic carbocycles. The Bertz CT molecular complexity index is 1240. The fourth-order valence-corrected chi connectivity index (χ4v) is 3.83. The number of nitrogens with two attached hydrogens (primary N) is 2. The van der Waals surface area contributed by atoms with Gasteiger partial charge in [0.25, 0.3) is 5.56 Å². The zero-order valence-electron chi connectivity index (χ0n) is 20.1. The molecule has 0 radical (unpaired) electrons. The lowest BCUT2D eigenvalue weighted by atomic mass is 10.1. The lowest BCUT2D eigenvalue weighted by molar-refractivity contribution is 0.258. The highest BCUT2D eigenvalue weighted by atomic mass is 35.5. The maximum Gasteiger partial charge on any atom is 0.326 e. The van der Waals surface area contributed by atoms with E-state index in [4.69, 9.17) is 23.1 Å². The molecule has 2 aromatic carbocycles. The number of halogens is 2. The van der Waals surface area contributed by atoms with E-state index in [-0.39, 0.29) is 11.5 Å². The fourth-order valence-electron chi connectivity index (χ4n) is 3.66. The molecule has 0 saturated heterocycles. The summed E-state index contributed by atoms with van der Waals surface area (Å²) >= 11 is 6.19. The van der Waals surface area contributed by atoms with Gasteiger partial charge in [-0.05, 0) is 69.2 Å². The number of amides is 2. The Morgan fingerprint density at radius 3 is 2.50 bits per heavy atom. The first-order valence-electron chi connectivity index (χ1n) is 11.7. The van der Waals surface area contributed by atoms with Gasteiger partial charge in [0.2, 0.25) is 5.95 Å². The third-order valence-electron chi connectivity index (χ3n) is 5.58. The molecule has 11 heteroatoms. The number of rotatable bonds is 11. The van der Waals surface area contributed by atoms with Crippen LogP contribution < -0.4 is 27.7 Å². The van der Waals surface area contributed by atoms with Crippen LogP contribution in [0.25, 0.3) is 11.1 Å². The monoisotopic (exact) mass is 515 g/mol. The number of anilines is 2. The molecule has 0 bridgehead atoms. The summed E-state index contributed by atoms with van der Waals surface area (Å²) < 4.78 is 14.9. The summed E-state index contributed by atoms with van der Waals surface area (Å²) in [5, 5.41) is 5.48. The van der Waals surface area contributed by atoms with Gasteiger partial charge < -0.3 is 21.8 Å². The summed E-state index contributed by atoms with van der Waals surface area (Å²) in [5.74, 6) is -0.480. The minimum absolute atomic E-state index is 0.0578. The van der Waals surface area contributed by atoms with Crippen LogP contribution in [0.1, 0.15) is 24.0 Å². The van der Waals surface area contributed by atoms with Crippen LogP contribution >= 0.6 is 11.6 Å². The second-order valence-corrected chi connectivity index (χ2v) is 8.73. The molecule has 0 spiro atoms. The topological polar surface area (TPSA) is 142 Å². The SMILES string of the molecule is Cc1cccc(NC(=O)Nc2nc(=O)c(-c3ccc(CN(CCCN)CCCN)c(F)c3)c[nH]2)c1Cl. The van der Waals surface area contributed by atoms with Crippen molar-refractivity contribution in [2.75, 3.05) is 36.8 Å². The highest BCUT2D eigenvalue weighted by Gasteiger charge is 2.14. The van der Waals surface area contributed by atoms with E-state index >= 15 is 0 Å². The Labute approximate surface area is 214 Å². The van der Waals surface area contributed by atoms with Gasteiger partial charge in [0.1, 0.15) is 5.82 Å². The molecule has 0 fully saturated rings. The third kappa shape index (κ3) is 7.34. The molecule has 0 atom stereocenters. The molecule has 7 N–H and O–H groups in total. The van der Waals surface area contributed by atoms with Crippen molar-refractivity contribution >= 4 is 29.3 Å². The molecule has 0 aliphatic heterocycles. The molecule has 0 aliphatic rings. The number of aromatic amines is 1. The summed E-state index contributed by atoms with van der Waals surface area (Å²) in [7, 11) is 0. The molecule has 3 aromatic rings. The number of carbonyl (C=O) groups excluding carboxylic acids is 1. The number of benzene rings is 2. The van der Waals surface area contributed by atoms with Crippen molar-refractivity contribution in [3.63, 3.8) is 0 Å².